The Morgan fingerprint density at radius 2 is 2.10 bits per heavy atom. The van der Waals surface area contributed by atoms with Crippen LogP contribution in [0, 0.1) is 6.92 Å². The minimum absolute atomic E-state index is 0.0307. The number of aromatic nitrogens is 2. The third-order valence-corrected chi connectivity index (χ3v) is 4.15. The van der Waals surface area contributed by atoms with Crippen molar-refractivity contribution < 1.29 is 9.18 Å². The standard InChI is InChI=1S/C16H18FN3O/c1-12-10-18-11-13(12)15(21)20-8-5-16(17,6-9-20)14-4-2-3-7-19-14/h2-4,7,10-11,18H,5-6,8-9H2,1H3. The summed E-state index contributed by atoms with van der Waals surface area (Å²) in [5.41, 5.74) is 0.626. The second kappa shape index (κ2) is 5.31. The van der Waals surface area contributed by atoms with E-state index >= 15 is 0 Å². The van der Waals surface area contributed by atoms with Crippen LogP contribution >= 0.6 is 0 Å². The normalized spacial score (nSPS) is 17.7. The van der Waals surface area contributed by atoms with E-state index in [1.54, 1.807) is 41.7 Å². The SMILES string of the molecule is Cc1c[nH]cc1C(=O)N1CCC(F)(c2ccccn2)CC1. The van der Waals surface area contributed by atoms with E-state index < -0.39 is 5.67 Å². The quantitative estimate of drug-likeness (QED) is 0.923. The van der Waals surface area contributed by atoms with Gasteiger partial charge in [0.2, 0.25) is 0 Å². The van der Waals surface area contributed by atoms with Crippen molar-refractivity contribution in [1.29, 1.82) is 0 Å². The first-order chi connectivity index (χ1) is 10.1. The molecule has 3 rings (SSSR count). The number of halogens is 1. The van der Waals surface area contributed by atoms with E-state index in [4.69, 9.17) is 0 Å². The van der Waals surface area contributed by atoms with Crippen LogP contribution in [0.15, 0.2) is 36.8 Å². The highest BCUT2D eigenvalue weighted by molar-refractivity contribution is 5.95. The molecule has 2 aromatic rings. The first kappa shape index (κ1) is 13.8. The Labute approximate surface area is 123 Å². The van der Waals surface area contributed by atoms with Crippen LogP contribution < -0.4 is 0 Å². The van der Waals surface area contributed by atoms with Gasteiger partial charge in [0, 0.05) is 44.5 Å². The largest absolute Gasteiger partial charge is 0.367 e. The molecular formula is C16H18FN3O. The van der Waals surface area contributed by atoms with Gasteiger partial charge in [-0.25, -0.2) is 4.39 Å². The maximum atomic E-state index is 15.0. The molecule has 0 atom stereocenters. The molecule has 1 amide bonds. The van der Waals surface area contributed by atoms with Gasteiger partial charge in [-0.15, -0.1) is 0 Å². The number of nitrogens with one attached hydrogen (secondary N) is 1. The van der Waals surface area contributed by atoms with Crippen molar-refractivity contribution in [2.45, 2.75) is 25.4 Å². The van der Waals surface area contributed by atoms with Gasteiger partial charge in [0.05, 0.1) is 11.3 Å². The molecule has 21 heavy (non-hydrogen) atoms. The zero-order valence-electron chi connectivity index (χ0n) is 12.0. The topological polar surface area (TPSA) is 49.0 Å². The van der Waals surface area contributed by atoms with Gasteiger partial charge in [-0.05, 0) is 24.6 Å². The number of aromatic amines is 1. The molecule has 0 spiro atoms. The van der Waals surface area contributed by atoms with Crippen molar-refractivity contribution in [3.63, 3.8) is 0 Å². The van der Waals surface area contributed by atoms with Crippen LogP contribution in [-0.4, -0.2) is 33.9 Å². The summed E-state index contributed by atoms with van der Waals surface area (Å²) in [6, 6.07) is 5.29. The highest BCUT2D eigenvalue weighted by Gasteiger charge is 2.38. The van der Waals surface area contributed by atoms with Crippen LogP contribution in [0.3, 0.4) is 0 Å². The molecule has 0 bridgehead atoms. The maximum absolute atomic E-state index is 15.0. The predicted octanol–water partition coefficient (Wildman–Crippen LogP) is 2.82. The van der Waals surface area contributed by atoms with Crippen molar-refractivity contribution >= 4 is 5.91 Å². The van der Waals surface area contributed by atoms with Crippen LogP contribution in [0.5, 0.6) is 0 Å². The number of alkyl halides is 1. The van der Waals surface area contributed by atoms with E-state index in [1.165, 1.54) is 0 Å². The second-order valence-corrected chi connectivity index (χ2v) is 5.52. The maximum Gasteiger partial charge on any atom is 0.255 e. The molecule has 110 valence electrons. The highest BCUT2D eigenvalue weighted by Crippen LogP contribution is 2.36. The predicted molar refractivity (Wildman–Crippen MR) is 77.7 cm³/mol. The van der Waals surface area contributed by atoms with Crippen LogP contribution in [0.25, 0.3) is 0 Å². The van der Waals surface area contributed by atoms with Crippen LogP contribution in [0.4, 0.5) is 4.39 Å². The van der Waals surface area contributed by atoms with E-state index in [1.807, 2.05) is 6.92 Å². The van der Waals surface area contributed by atoms with Crippen molar-refractivity contribution in [2.75, 3.05) is 13.1 Å². The highest BCUT2D eigenvalue weighted by atomic mass is 19.1. The number of hydrogen-bond donors (Lipinski definition) is 1. The lowest BCUT2D eigenvalue weighted by Crippen LogP contribution is -2.43. The van der Waals surface area contributed by atoms with Crippen molar-refractivity contribution in [1.82, 2.24) is 14.9 Å². The molecule has 1 N–H and O–H groups in total. The summed E-state index contributed by atoms with van der Waals surface area (Å²) in [7, 11) is 0. The number of carbonyl (C=O) groups excluding carboxylic acids is 1. The Kier molecular flexibility index (Phi) is 3.49. The molecule has 0 unspecified atom stereocenters. The number of carbonyl (C=O) groups is 1. The lowest BCUT2D eigenvalue weighted by atomic mass is 9.89. The third-order valence-electron chi connectivity index (χ3n) is 4.15. The van der Waals surface area contributed by atoms with Gasteiger partial charge in [-0.2, -0.15) is 0 Å². The number of pyridine rings is 1. The molecule has 0 saturated carbocycles. The van der Waals surface area contributed by atoms with Gasteiger partial charge in [0.25, 0.3) is 5.91 Å². The Morgan fingerprint density at radius 1 is 1.33 bits per heavy atom. The number of hydrogen-bond acceptors (Lipinski definition) is 2. The van der Waals surface area contributed by atoms with E-state index in [2.05, 4.69) is 9.97 Å². The second-order valence-electron chi connectivity index (χ2n) is 5.52. The Hall–Kier alpha value is -2.17. The van der Waals surface area contributed by atoms with Gasteiger partial charge in [0.1, 0.15) is 0 Å². The number of nitrogens with zero attached hydrogens (tertiary/aromatic N) is 2. The average Bonchev–Trinajstić information content (AvgIpc) is 2.94. The van der Waals surface area contributed by atoms with Gasteiger partial charge >= 0.3 is 0 Å². The van der Waals surface area contributed by atoms with E-state index in [0.29, 0.717) is 37.2 Å². The molecule has 1 aliphatic heterocycles. The van der Waals surface area contributed by atoms with Gasteiger partial charge in [-0.1, -0.05) is 6.07 Å². The van der Waals surface area contributed by atoms with E-state index in [-0.39, 0.29) is 5.91 Å². The fraction of sp³-hybridized carbons (Fsp3) is 0.375. The van der Waals surface area contributed by atoms with Crippen LogP contribution in [0.2, 0.25) is 0 Å². The van der Waals surface area contributed by atoms with Crippen LogP contribution in [-0.2, 0) is 5.67 Å². The number of amides is 1. The summed E-state index contributed by atoms with van der Waals surface area (Å²) in [5.74, 6) is -0.0307. The first-order valence-electron chi connectivity index (χ1n) is 7.13. The molecule has 1 saturated heterocycles. The van der Waals surface area contributed by atoms with Gasteiger partial charge in [0.15, 0.2) is 5.67 Å². The zero-order chi connectivity index (χ0) is 14.9. The fourth-order valence-electron chi connectivity index (χ4n) is 2.79. The minimum atomic E-state index is -1.43. The fourth-order valence-corrected chi connectivity index (χ4v) is 2.79. The number of H-pyrrole nitrogens is 1. The van der Waals surface area contributed by atoms with E-state index in [9.17, 15) is 9.18 Å². The minimum Gasteiger partial charge on any atom is -0.367 e. The summed E-state index contributed by atoms with van der Waals surface area (Å²) in [6.45, 7) is 2.72. The van der Waals surface area contributed by atoms with Crippen molar-refractivity contribution in [3.8, 4) is 0 Å². The number of aryl methyl sites for hydroxylation is 1. The van der Waals surface area contributed by atoms with Crippen molar-refractivity contribution in [2.24, 2.45) is 0 Å². The molecule has 2 aromatic heterocycles. The summed E-state index contributed by atoms with van der Waals surface area (Å²) in [5, 5.41) is 0. The van der Waals surface area contributed by atoms with Gasteiger partial charge in [-0.3, -0.25) is 9.78 Å². The number of likely N-dealkylation sites (tertiary alicyclic amines) is 1. The zero-order valence-corrected chi connectivity index (χ0v) is 12.0. The molecular weight excluding hydrogens is 269 g/mol. The molecule has 1 aliphatic rings. The summed E-state index contributed by atoms with van der Waals surface area (Å²) >= 11 is 0. The monoisotopic (exact) mass is 287 g/mol. The smallest absolute Gasteiger partial charge is 0.255 e. The molecule has 0 aliphatic carbocycles. The Bertz CT molecular complexity index is 630. The molecule has 4 nitrogen and oxygen atoms in total. The summed E-state index contributed by atoms with van der Waals surface area (Å²) in [6.07, 6.45) is 5.69. The molecule has 3 heterocycles. The van der Waals surface area contributed by atoms with Gasteiger partial charge < -0.3 is 9.88 Å². The lowest BCUT2D eigenvalue weighted by molar-refractivity contribution is 0.0402. The Morgan fingerprint density at radius 3 is 2.67 bits per heavy atom. The number of piperidine rings is 1. The first-order valence-corrected chi connectivity index (χ1v) is 7.13. The molecule has 0 aromatic carbocycles. The summed E-state index contributed by atoms with van der Waals surface area (Å²) in [4.78, 5) is 21.2. The third kappa shape index (κ3) is 2.55. The number of rotatable bonds is 2. The molecule has 1 fully saturated rings. The van der Waals surface area contributed by atoms with E-state index in [0.717, 1.165) is 5.56 Å². The Balaban J connectivity index is 1.71. The van der Waals surface area contributed by atoms with Crippen molar-refractivity contribution in [3.05, 3.63) is 53.6 Å². The summed E-state index contributed by atoms with van der Waals surface area (Å²) < 4.78 is 15.0. The molecule has 0 radical (unpaired) electrons. The lowest BCUT2D eigenvalue weighted by Gasteiger charge is -2.36. The van der Waals surface area contributed by atoms with Crippen LogP contribution in [0.1, 0.15) is 34.5 Å². The average molecular weight is 287 g/mol. The molecule has 5 heteroatoms.